The van der Waals surface area contributed by atoms with Crippen LogP contribution in [-0.2, 0) is 11.4 Å². The number of carbonyl (C=O) groups excluding carboxylic acids is 1. The highest BCUT2D eigenvalue weighted by Gasteiger charge is 2.22. The Hall–Kier alpha value is -3.58. The van der Waals surface area contributed by atoms with Gasteiger partial charge in [-0.1, -0.05) is 66.4 Å². The van der Waals surface area contributed by atoms with Gasteiger partial charge in [0.2, 0.25) is 5.91 Å². The maximum Gasteiger partial charge on any atom is 0.237 e. The lowest BCUT2D eigenvalue weighted by Crippen LogP contribution is -2.23. The largest absolute Gasteiger partial charge is 0.485 e. The predicted octanol–water partition coefficient (Wildman–Crippen LogP) is 5.89. The molecular weight excluding hydrogens is 444 g/mol. The van der Waals surface area contributed by atoms with E-state index in [0.717, 1.165) is 33.8 Å². The predicted molar refractivity (Wildman–Crippen MR) is 137 cm³/mol. The summed E-state index contributed by atoms with van der Waals surface area (Å²) in [5.74, 6) is 1.43. The van der Waals surface area contributed by atoms with Crippen molar-refractivity contribution in [2.24, 2.45) is 0 Å². The van der Waals surface area contributed by atoms with Gasteiger partial charge in [-0.3, -0.25) is 9.36 Å². The van der Waals surface area contributed by atoms with E-state index in [9.17, 15) is 4.79 Å². The first-order valence-electron chi connectivity index (χ1n) is 11.2. The third kappa shape index (κ3) is 5.31. The second-order valence-corrected chi connectivity index (χ2v) is 9.45. The number of anilines is 1. The normalized spacial score (nSPS) is 11.8. The molecule has 0 saturated heterocycles. The van der Waals surface area contributed by atoms with Crippen molar-refractivity contribution in [1.82, 2.24) is 14.8 Å². The lowest BCUT2D eigenvalue weighted by Gasteiger charge is -2.15. The smallest absolute Gasteiger partial charge is 0.237 e. The minimum atomic E-state index is -0.376. The number of para-hydroxylation sites is 3. The summed E-state index contributed by atoms with van der Waals surface area (Å²) in [6, 6.07) is 23.7. The van der Waals surface area contributed by atoms with Crippen LogP contribution >= 0.6 is 11.8 Å². The van der Waals surface area contributed by atoms with Crippen molar-refractivity contribution < 1.29 is 9.53 Å². The van der Waals surface area contributed by atoms with Gasteiger partial charge < -0.3 is 10.1 Å². The van der Waals surface area contributed by atoms with E-state index in [1.807, 2.05) is 105 Å². The zero-order chi connectivity index (χ0) is 24.1. The minimum Gasteiger partial charge on any atom is -0.485 e. The number of aryl methyl sites for hydroxylation is 3. The van der Waals surface area contributed by atoms with Crippen molar-refractivity contribution in [3.63, 3.8) is 0 Å². The Morgan fingerprint density at radius 1 is 0.912 bits per heavy atom. The van der Waals surface area contributed by atoms with Crippen molar-refractivity contribution in [3.8, 4) is 11.4 Å². The number of hydrogen-bond acceptors (Lipinski definition) is 5. The third-order valence-electron chi connectivity index (χ3n) is 5.52. The number of nitrogens with zero attached hydrogens (tertiary/aromatic N) is 3. The molecule has 0 aliphatic heterocycles. The molecule has 1 aromatic heterocycles. The van der Waals surface area contributed by atoms with Crippen molar-refractivity contribution in [2.45, 2.75) is 44.7 Å². The van der Waals surface area contributed by atoms with E-state index in [1.165, 1.54) is 11.8 Å². The monoisotopic (exact) mass is 472 g/mol. The maximum atomic E-state index is 12.9. The number of amides is 1. The van der Waals surface area contributed by atoms with Crippen LogP contribution in [0.3, 0.4) is 0 Å². The Bertz CT molecular complexity index is 1270. The molecule has 1 amide bonds. The highest BCUT2D eigenvalue weighted by atomic mass is 32.2. The molecule has 1 unspecified atom stereocenters. The number of hydrogen-bond donors (Lipinski definition) is 1. The van der Waals surface area contributed by atoms with Crippen LogP contribution in [0.1, 0.15) is 29.4 Å². The van der Waals surface area contributed by atoms with Gasteiger partial charge in [-0.2, -0.15) is 0 Å². The number of carbonyl (C=O) groups is 1. The van der Waals surface area contributed by atoms with Gasteiger partial charge in [0.25, 0.3) is 0 Å². The van der Waals surface area contributed by atoms with Crippen molar-refractivity contribution in [2.75, 3.05) is 5.32 Å². The molecule has 0 saturated carbocycles. The van der Waals surface area contributed by atoms with E-state index < -0.39 is 0 Å². The second-order valence-electron chi connectivity index (χ2n) is 8.14. The van der Waals surface area contributed by atoms with Gasteiger partial charge in [-0.25, -0.2) is 0 Å². The molecule has 0 aliphatic rings. The van der Waals surface area contributed by atoms with Gasteiger partial charge in [-0.15, -0.1) is 10.2 Å². The summed E-state index contributed by atoms with van der Waals surface area (Å²) >= 11 is 1.37. The van der Waals surface area contributed by atoms with Gasteiger partial charge in [0.05, 0.1) is 5.25 Å². The summed E-state index contributed by atoms with van der Waals surface area (Å²) in [7, 11) is 0. The van der Waals surface area contributed by atoms with E-state index >= 15 is 0 Å². The number of aromatic nitrogens is 3. The standard InChI is InChI=1S/C27H28N4O2S/c1-18-11-8-9-16-23(18)28-26(32)21(4)34-27-30-29-24(31(27)22-14-6-5-7-15-22)17-33-25-19(2)12-10-13-20(25)3/h5-16,21H,17H2,1-4H3,(H,28,32). The number of thioether (sulfide) groups is 1. The molecule has 7 heteroatoms. The molecule has 0 radical (unpaired) electrons. The molecule has 4 aromatic rings. The summed E-state index contributed by atoms with van der Waals surface area (Å²) in [6.45, 7) is 8.16. The summed E-state index contributed by atoms with van der Waals surface area (Å²) in [5.41, 5.74) is 4.89. The van der Waals surface area contributed by atoms with Crippen LogP contribution < -0.4 is 10.1 Å². The quantitative estimate of drug-likeness (QED) is 0.324. The molecule has 1 atom stereocenters. The van der Waals surface area contributed by atoms with Gasteiger partial charge >= 0.3 is 0 Å². The van der Waals surface area contributed by atoms with Crippen LogP contribution in [0.2, 0.25) is 0 Å². The molecule has 1 N–H and O–H groups in total. The maximum absolute atomic E-state index is 12.9. The van der Waals surface area contributed by atoms with Gasteiger partial charge in [0, 0.05) is 11.4 Å². The molecule has 0 aliphatic carbocycles. The molecule has 174 valence electrons. The molecule has 0 bridgehead atoms. The van der Waals surface area contributed by atoms with E-state index in [-0.39, 0.29) is 17.8 Å². The minimum absolute atomic E-state index is 0.0877. The Morgan fingerprint density at radius 2 is 1.56 bits per heavy atom. The zero-order valence-electron chi connectivity index (χ0n) is 19.8. The SMILES string of the molecule is Cc1ccccc1NC(=O)C(C)Sc1nnc(COc2c(C)cccc2C)n1-c1ccccc1. The molecular formula is C27H28N4O2S. The molecule has 3 aromatic carbocycles. The fourth-order valence-electron chi connectivity index (χ4n) is 3.63. The third-order valence-corrected chi connectivity index (χ3v) is 6.57. The first kappa shape index (κ1) is 23.6. The Morgan fingerprint density at radius 3 is 2.26 bits per heavy atom. The summed E-state index contributed by atoms with van der Waals surface area (Å²) < 4.78 is 8.12. The van der Waals surface area contributed by atoms with Crippen molar-refractivity contribution >= 4 is 23.4 Å². The van der Waals surface area contributed by atoms with Crippen LogP contribution in [0.25, 0.3) is 5.69 Å². The number of nitrogens with one attached hydrogen (secondary N) is 1. The summed E-state index contributed by atoms with van der Waals surface area (Å²) in [5, 5.41) is 12.1. The fraction of sp³-hybridized carbons (Fsp3) is 0.222. The van der Waals surface area contributed by atoms with E-state index in [4.69, 9.17) is 4.74 Å². The van der Waals surface area contributed by atoms with Gasteiger partial charge in [0.15, 0.2) is 11.0 Å². The van der Waals surface area contributed by atoms with Gasteiger partial charge in [-0.05, 0) is 62.6 Å². The number of ether oxygens (including phenoxy) is 1. The Labute approximate surface area is 204 Å². The summed E-state index contributed by atoms with van der Waals surface area (Å²) in [6.07, 6.45) is 0. The number of rotatable bonds is 8. The number of benzene rings is 3. The van der Waals surface area contributed by atoms with Crippen LogP contribution in [0, 0.1) is 20.8 Å². The Kier molecular flexibility index (Phi) is 7.33. The molecule has 1 heterocycles. The molecule has 34 heavy (non-hydrogen) atoms. The highest BCUT2D eigenvalue weighted by Crippen LogP contribution is 2.28. The Balaban J connectivity index is 1.57. The van der Waals surface area contributed by atoms with Gasteiger partial charge in [0.1, 0.15) is 12.4 Å². The van der Waals surface area contributed by atoms with E-state index in [0.29, 0.717) is 11.0 Å². The molecule has 4 rings (SSSR count). The lowest BCUT2D eigenvalue weighted by molar-refractivity contribution is -0.115. The average Bonchev–Trinajstić information content (AvgIpc) is 3.23. The zero-order valence-corrected chi connectivity index (χ0v) is 20.6. The first-order valence-corrected chi connectivity index (χ1v) is 12.0. The second kappa shape index (κ2) is 10.6. The first-order chi connectivity index (χ1) is 16.4. The van der Waals surface area contributed by atoms with Crippen LogP contribution in [0.15, 0.2) is 78.0 Å². The van der Waals surface area contributed by atoms with Crippen LogP contribution in [-0.4, -0.2) is 25.9 Å². The molecule has 6 nitrogen and oxygen atoms in total. The van der Waals surface area contributed by atoms with Crippen molar-refractivity contribution in [1.29, 1.82) is 0 Å². The fourth-order valence-corrected chi connectivity index (χ4v) is 4.52. The summed E-state index contributed by atoms with van der Waals surface area (Å²) in [4.78, 5) is 12.9. The average molecular weight is 473 g/mol. The molecule has 0 fully saturated rings. The molecule has 0 spiro atoms. The highest BCUT2D eigenvalue weighted by molar-refractivity contribution is 8.00. The topological polar surface area (TPSA) is 69.0 Å². The van der Waals surface area contributed by atoms with Crippen molar-refractivity contribution in [3.05, 3.63) is 95.3 Å². The lowest BCUT2D eigenvalue weighted by atomic mass is 10.1. The van der Waals surface area contributed by atoms with E-state index in [2.05, 4.69) is 15.5 Å². The van der Waals surface area contributed by atoms with Crippen LogP contribution in [0.4, 0.5) is 5.69 Å². The van der Waals surface area contributed by atoms with Crippen LogP contribution in [0.5, 0.6) is 5.75 Å². The van der Waals surface area contributed by atoms with E-state index in [1.54, 1.807) is 0 Å².